The molecule has 2 aromatic heterocycles. The number of nitrogens with two attached hydrogens (primary N) is 1. The van der Waals surface area contributed by atoms with Gasteiger partial charge < -0.3 is 11.1 Å². The molecule has 0 aliphatic carbocycles. The molecule has 1 amide bonds. The van der Waals surface area contributed by atoms with Crippen LogP contribution >= 0.6 is 0 Å². The number of hydrogen-bond donors (Lipinski definition) is 2. The van der Waals surface area contributed by atoms with Crippen molar-refractivity contribution in [2.75, 3.05) is 11.1 Å². The van der Waals surface area contributed by atoms with E-state index in [1.807, 2.05) is 18.2 Å². The van der Waals surface area contributed by atoms with Gasteiger partial charge in [0.05, 0.1) is 23.3 Å². The van der Waals surface area contributed by atoms with Gasteiger partial charge in [-0.25, -0.2) is 14.6 Å². The number of benzene rings is 1. The lowest BCUT2D eigenvalue weighted by atomic mass is 10.2. The van der Waals surface area contributed by atoms with E-state index in [1.165, 1.54) is 12.5 Å². The highest BCUT2D eigenvalue weighted by Crippen LogP contribution is 2.19. The molecule has 0 aliphatic rings. The summed E-state index contributed by atoms with van der Waals surface area (Å²) < 4.78 is 1.58. The summed E-state index contributed by atoms with van der Waals surface area (Å²) in [6, 6.07) is 10.5. The second-order valence-corrected chi connectivity index (χ2v) is 4.29. The van der Waals surface area contributed by atoms with Crippen LogP contribution in [-0.2, 0) is 0 Å². The van der Waals surface area contributed by atoms with Gasteiger partial charge in [-0.3, -0.25) is 4.79 Å². The van der Waals surface area contributed by atoms with Crippen molar-refractivity contribution >= 4 is 17.3 Å². The fourth-order valence-electron chi connectivity index (χ4n) is 1.84. The number of rotatable bonds is 3. The molecule has 3 aromatic rings. The Morgan fingerprint density at radius 2 is 2.05 bits per heavy atom. The largest absolute Gasteiger partial charge is 0.397 e. The van der Waals surface area contributed by atoms with Crippen LogP contribution in [0.1, 0.15) is 10.5 Å². The first-order chi connectivity index (χ1) is 10.2. The van der Waals surface area contributed by atoms with Crippen LogP contribution in [0.2, 0.25) is 0 Å². The van der Waals surface area contributed by atoms with E-state index in [4.69, 9.17) is 5.73 Å². The first-order valence-corrected chi connectivity index (χ1v) is 6.21. The number of pyridine rings is 1. The molecular formula is C14H12N6O. The molecule has 0 spiro atoms. The topological polar surface area (TPSA) is 98.7 Å². The standard InChI is InChI=1S/C14H12N6O/c15-10-5-6-12(17-7-10)14(21)19-11-3-1-2-4-13(11)20-9-16-8-18-20/h1-9H,15H2,(H,19,21). The minimum atomic E-state index is -0.317. The number of carbonyl (C=O) groups is 1. The second-order valence-electron chi connectivity index (χ2n) is 4.29. The number of carbonyl (C=O) groups excluding carboxylic acids is 1. The number of nitrogen functional groups attached to an aromatic ring is 1. The maximum Gasteiger partial charge on any atom is 0.274 e. The predicted octanol–water partition coefficient (Wildman–Crippen LogP) is 1.50. The minimum absolute atomic E-state index is 0.289. The van der Waals surface area contributed by atoms with Gasteiger partial charge in [-0.15, -0.1) is 0 Å². The Kier molecular flexibility index (Phi) is 3.30. The van der Waals surface area contributed by atoms with Gasteiger partial charge in [-0.2, -0.15) is 5.10 Å². The molecule has 0 aliphatic heterocycles. The Morgan fingerprint density at radius 1 is 1.19 bits per heavy atom. The predicted molar refractivity (Wildman–Crippen MR) is 78.0 cm³/mol. The van der Waals surface area contributed by atoms with Crippen molar-refractivity contribution in [3.05, 3.63) is 60.9 Å². The smallest absolute Gasteiger partial charge is 0.274 e. The van der Waals surface area contributed by atoms with Gasteiger partial charge in [0, 0.05) is 0 Å². The monoisotopic (exact) mass is 280 g/mol. The Morgan fingerprint density at radius 3 is 2.76 bits per heavy atom. The lowest BCUT2D eigenvalue weighted by molar-refractivity contribution is 0.102. The van der Waals surface area contributed by atoms with Crippen molar-refractivity contribution in [2.45, 2.75) is 0 Å². The molecule has 0 radical (unpaired) electrons. The second kappa shape index (κ2) is 5.41. The Bertz CT molecular complexity index is 751. The van der Waals surface area contributed by atoms with Gasteiger partial charge in [-0.05, 0) is 24.3 Å². The summed E-state index contributed by atoms with van der Waals surface area (Å²) in [6.07, 6.45) is 4.44. The van der Waals surface area contributed by atoms with Crippen LogP contribution in [0.4, 0.5) is 11.4 Å². The molecule has 0 saturated carbocycles. The van der Waals surface area contributed by atoms with E-state index in [0.29, 0.717) is 11.4 Å². The van der Waals surface area contributed by atoms with Crippen molar-refractivity contribution in [3.63, 3.8) is 0 Å². The van der Waals surface area contributed by atoms with Crippen molar-refractivity contribution in [3.8, 4) is 5.69 Å². The third kappa shape index (κ3) is 2.71. The number of nitrogens with zero attached hydrogens (tertiary/aromatic N) is 4. The van der Waals surface area contributed by atoms with Crippen molar-refractivity contribution < 1.29 is 4.79 Å². The normalized spacial score (nSPS) is 10.3. The maximum absolute atomic E-state index is 12.2. The number of hydrogen-bond acceptors (Lipinski definition) is 5. The Labute approximate surface area is 120 Å². The highest BCUT2D eigenvalue weighted by atomic mass is 16.1. The zero-order chi connectivity index (χ0) is 14.7. The number of para-hydroxylation sites is 2. The van der Waals surface area contributed by atoms with Crippen LogP contribution in [0, 0.1) is 0 Å². The SMILES string of the molecule is Nc1ccc(C(=O)Nc2ccccc2-n2cncn2)nc1. The van der Waals surface area contributed by atoms with Gasteiger partial charge in [0.15, 0.2) is 0 Å². The summed E-state index contributed by atoms with van der Waals surface area (Å²) in [4.78, 5) is 20.1. The van der Waals surface area contributed by atoms with E-state index in [1.54, 1.807) is 29.2 Å². The average Bonchev–Trinajstić information content (AvgIpc) is 3.02. The maximum atomic E-state index is 12.2. The van der Waals surface area contributed by atoms with Crippen molar-refractivity contribution in [1.82, 2.24) is 19.7 Å². The van der Waals surface area contributed by atoms with E-state index in [9.17, 15) is 4.79 Å². The van der Waals surface area contributed by atoms with Crippen LogP contribution < -0.4 is 11.1 Å². The van der Waals surface area contributed by atoms with Gasteiger partial charge >= 0.3 is 0 Å². The third-order valence-electron chi connectivity index (χ3n) is 2.84. The summed E-state index contributed by atoms with van der Waals surface area (Å²) in [7, 11) is 0. The van der Waals surface area contributed by atoms with Crippen LogP contribution in [0.3, 0.4) is 0 Å². The summed E-state index contributed by atoms with van der Waals surface area (Å²) in [6.45, 7) is 0. The summed E-state index contributed by atoms with van der Waals surface area (Å²) in [5.41, 5.74) is 7.69. The summed E-state index contributed by atoms with van der Waals surface area (Å²) in [5.74, 6) is -0.317. The molecule has 0 unspecified atom stereocenters. The lowest BCUT2D eigenvalue weighted by Gasteiger charge is -2.10. The number of nitrogens with one attached hydrogen (secondary N) is 1. The van der Waals surface area contributed by atoms with E-state index in [0.717, 1.165) is 5.69 Å². The van der Waals surface area contributed by atoms with Gasteiger partial charge in [0.1, 0.15) is 18.3 Å². The van der Waals surface area contributed by atoms with E-state index in [2.05, 4.69) is 20.4 Å². The van der Waals surface area contributed by atoms with E-state index >= 15 is 0 Å². The first-order valence-electron chi connectivity index (χ1n) is 6.21. The zero-order valence-corrected chi connectivity index (χ0v) is 11.0. The highest BCUT2D eigenvalue weighted by molar-refractivity contribution is 6.04. The molecule has 0 atom stereocenters. The molecular weight excluding hydrogens is 268 g/mol. The molecule has 0 fully saturated rings. The van der Waals surface area contributed by atoms with Gasteiger partial charge in [0.25, 0.3) is 5.91 Å². The number of aromatic nitrogens is 4. The fraction of sp³-hybridized carbons (Fsp3) is 0. The van der Waals surface area contributed by atoms with Crippen LogP contribution in [0.15, 0.2) is 55.2 Å². The highest BCUT2D eigenvalue weighted by Gasteiger charge is 2.11. The summed E-state index contributed by atoms with van der Waals surface area (Å²) >= 11 is 0. The van der Waals surface area contributed by atoms with E-state index in [-0.39, 0.29) is 11.6 Å². The lowest BCUT2D eigenvalue weighted by Crippen LogP contribution is -2.15. The molecule has 0 saturated heterocycles. The van der Waals surface area contributed by atoms with Crippen molar-refractivity contribution in [2.24, 2.45) is 0 Å². The molecule has 7 nitrogen and oxygen atoms in total. The molecule has 0 bridgehead atoms. The number of amides is 1. The molecule has 21 heavy (non-hydrogen) atoms. The summed E-state index contributed by atoms with van der Waals surface area (Å²) in [5, 5.41) is 6.86. The molecule has 7 heteroatoms. The fourth-order valence-corrected chi connectivity index (χ4v) is 1.84. The molecule has 1 aromatic carbocycles. The quantitative estimate of drug-likeness (QED) is 0.757. The Balaban J connectivity index is 1.88. The average molecular weight is 280 g/mol. The molecule has 104 valence electrons. The Hall–Kier alpha value is -3.22. The third-order valence-corrected chi connectivity index (χ3v) is 2.84. The van der Waals surface area contributed by atoms with Crippen LogP contribution in [-0.4, -0.2) is 25.7 Å². The molecule has 2 heterocycles. The number of anilines is 2. The zero-order valence-electron chi connectivity index (χ0n) is 11.0. The van der Waals surface area contributed by atoms with Gasteiger partial charge in [0.2, 0.25) is 0 Å². The van der Waals surface area contributed by atoms with E-state index < -0.39 is 0 Å². The van der Waals surface area contributed by atoms with Crippen LogP contribution in [0.5, 0.6) is 0 Å². The molecule has 3 rings (SSSR count). The molecule has 3 N–H and O–H groups in total. The first kappa shape index (κ1) is 12.8. The minimum Gasteiger partial charge on any atom is -0.397 e. The van der Waals surface area contributed by atoms with Gasteiger partial charge in [-0.1, -0.05) is 12.1 Å². The van der Waals surface area contributed by atoms with Crippen molar-refractivity contribution in [1.29, 1.82) is 0 Å². The van der Waals surface area contributed by atoms with Crippen LogP contribution in [0.25, 0.3) is 5.69 Å².